The van der Waals surface area contributed by atoms with Crippen LogP contribution in [-0.4, -0.2) is 59.1 Å². The van der Waals surface area contributed by atoms with E-state index in [1.807, 2.05) is 4.90 Å². The van der Waals surface area contributed by atoms with E-state index in [2.05, 4.69) is 20.2 Å². The molecule has 1 N–H and O–H groups in total. The van der Waals surface area contributed by atoms with Crippen molar-refractivity contribution >= 4 is 16.0 Å². The number of piperazine rings is 1. The molecule has 0 bridgehead atoms. The Morgan fingerprint density at radius 2 is 1.90 bits per heavy atom. The van der Waals surface area contributed by atoms with Crippen molar-refractivity contribution in [2.75, 3.05) is 31.1 Å². The Bertz CT molecular complexity index is 649. The molecule has 0 aromatic carbocycles. The van der Waals surface area contributed by atoms with Crippen molar-refractivity contribution in [3.8, 4) is 0 Å². The normalized spacial score (nSPS) is 17.3. The van der Waals surface area contributed by atoms with Crippen LogP contribution in [0.2, 0.25) is 0 Å². The molecule has 1 aliphatic rings. The summed E-state index contributed by atoms with van der Waals surface area (Å²) < 4.78 is 26.2. The zero-order valence-electron chi connectivity index (χ0n) is 10.7. The van der Waals surface area contributed by atoms with Crippen LogP contribution in [0, 0.1) is 0 Å². The van der Waals surface area contributed by atoms with Crippen LogP contribution in [0.4, 0.5) is 5.95 Å². The van der Waals surface area contributed by atoms with Crippen molar-refractivity contribution in [3.05, 3.63) is 30.7 Å². The van der Waals surface area contributed by atoms with Gasteiger partial charge in [0.25, 0.3) is 10.0 Å². The van der Waals surface area contributed by atoms with E-state index in [1.54, 1.807) is 12.1 Å². The van der Waals surface area contributed by atoms with Crippen molar-refractivity contribution in [2.45, 2.75) is 5.03 Å². The highest BCUT2D eigenvalue weighted by Crippen LogP contribution is 2.16. The van der Waals surface area contributed by atoms with E-state index in [4.69, 9.17) is 0 Å². The molecule has 20 heavy (non-hydrogen) atoms. The summed E-state index contributed by atoms with van der Waals surface area (Å²) >= 11 is 0. The average molecular weight is 294 g/mol. The summed E-state index contributed by atoms with van der Waals surface area (Å²) in [5, 5.41) is 6.66. The topological polar surface area (TPSA) is 95.1 Å². The number of anilines is 1. The second kappa shape index (κ2) is 5.17. The van der Waals surface area contributed by atoms with Crippen LogP contribution in [0.15, 0.2) is 35.7 Å². The fourth-order valence-electron chi connectivity index (χ4n) is 2.12. The van der Waals surface area contributed by atoms with Gasteiger partial charge in [-0.25, -0.2) is 18.5 Å². The Hall–Kier alpha value is -2.00. The second-order valence-electron chi connectivity index (χ2n) is 4.37. The Morgan fingerprint density at radius 1 is 1.10 bits per heavy atom. The van der Waals surface area contributed by atoms with Crippen LogP contribution < -0.4 is 4.90 Å². The third-order valence-electron chi connectivity index (χ3n) is 3.18. The molecule has 0 radical (unpaired) electrons. The highest BCUT2D eigenvalue weighted by atomic mass is 32.2. The molecule has 106 valence electrons. The molecule has 9 heteroatoms. The lowest BCUT2D eigenvalue weighted by Gasteiger charge is -2.33. The van der Waals surface area contributed by atoms with E-state index in [0.717, 1.165) is 0 Å². The Balaban J connectivity index is 1.72. The maximum Gasteiger partial charge on any atom is 0.260 e. The minimum atomic E-state index is -3.50. The molecule has 1 saturated heterocycles. The summed E-state index contributed by atoms with van der Waals surface area (Å²) in [5.41, 5.74) is 0. The monoisotopic (exact) mass is 294 g/mol. The fraction of sp³-hybridized carbons (Fsp3) is 0.364. The van der Waals surface area contributed by atoms with Gasteiger partial charge in [0.15, 0.2) is 5.03 Å². The van der Waals surface area contributed by atoms with Gasteiger partial charge in [-0.2, -0.15) is 14.4 Å². The largest absolute Gasteiger partial charge is 0.339 e. The zero-order valence-corrected chi connectivity index (χ0v) is 11.5. The van der Waals surface area contributed by atoms with E-state index in [9.17, 15) is 8.42 Å². The molecule has 0 saturated carbocycles. The maximum atomic E-state index is 12.4. The van der Waals surface area contributed by atoms with Crippen LogP contribution in [0.3, 0.4) is 0 Å². The third-order valence-corrected chi connectivity index (χ3v) is 5.00. The van der Waals surface area contributed by atoms with Gasteiger partial charge in [0.2, 0.25) is 5.95 Å². The van der Waals surface area contributed by atoms with Gasteiger partial charge in [-0.3, -0.25) is 0 Å². The quantitative estimate of drug-likeness (QED) is 0.836. The molecule has 1 aliphatic heterocycles. The van der Waals surface area contributed by atoms with Gasteiger partial charge in [-0.1, -0.05) is 6.07 Å². The SMILES string of the molecule is O=S(=O)(c1ccccn1)N1CCN(c2ncn[nH]2)CC1. The van der Waals surface area contributed by atoms with E-state index in [1.165, 1.54) is 22.9 Å². The lowest BCUT2D eigenvalue weighted by atomic mass is 10.4. The van der Waals surface area contributed by atoms with Gasteiger partial charge in [-0.15, -0.1) is 0 Å². The number of pyridine rings is 1. The van der Waals surface area contributed by atoms with E-state index >= 15 is 0 Å². The Labute approximate surface area is 116 Å². The standard InChI is InChI=1S/C11H14N6O2S/c18-20(19,10-3-1-2-4-12-10)17-7-5-16(6-8-17)11-13-9-14-15-11/h1-4,9H,5-8H2,(H,13,14,15). The van der Waals surface area contributed by atoms with Crippen LogP contribution in [0.1, 0.15) is 0 Å². The number of nitrogens with one attached hydrogen (secondary N) is 1. The number of aromatic nitrogens is 4. The summed E-state index contributed by atoms with van der Waals surface area (Å²) in [6.45, 7) is 1.95. The Kier molecular flexibility index (Phi) is 3.36. The highest BCUT2D eigenvalue weighted by Gasteiger charge is 2.29. The molecular weight excluding hydrogens is 280 g/mol. The number of hydrogen-bond donors (Lipinski definition) is 1. The van der Waals surface area contributed by atoms with Crippen molar-refractivity contribution in [2.24, 2.45) is 0 Å². The maximum absolute atomic E-state index is 12.4. The van der Waals surface area contributed by atoms with E-state index < -0.39 is 10.0 Å². The first-order chi connectivity index (χ1) is 9.68. The molecule has 0 aliphatic carbocycles. The first-order valence-corrected chi connectivity index (χ1v) is 7.63. The first kappa shape index (κ1) is 13.0. The Morgan fingerprint density at radius 3 is 2.50 bits per heavy atom. The summed E-state index contributed by atoms with van der Waals surface area (Å²) in [6, 6.07) is 4.88. The fourth-order valence-corrected chi connectivity index (χ4v) is 3.48. The van der Waals surface area contributed by atoms with Crippen molar-refractivity contribution in [1.29, 1.82) is 0 Å². The molecular formula is C11H14N6O2S. The number of H-pyrrole nitrogens is 1. The van der Waals surface area contributed by atoms with Crippen LogP contribution >= 0.6 is 0 Å². The average Bonchev–Trinajstić information content (AvgIpc) is 3.02. The van der Waals surface area contributed by atoms with Gasteiger partial charge in [0.1, 0.15) is 6.33 Å². The molecule has 0 spiro atoms. The van der Waals surface area contributed by atoms with Gasteiger partial charge in [0, 0.05) is 32.4 Å². The number of hydrogen-bond acceptors (Lipinski definition) is 6. The third kappa shape index (κ3) is 2.37. The van der Waals surface area contributed by atoms with Gasteiger partial charge < -0.3 is 4.90 Å². The smallest absolute Gasteiger partial charge is 0.260 e. The van der Waals surface area contributed by atoms with Crippen LogP contribution in [0.5, 0.6) is 0 Å². The molecule has 0 amide bonds. The van der Waals surface area contributed by atoms with Crippen molar-refractivity contribution < 1.29 is 8.42 Å². The first-order valence-electron chi connectivity index (χ1n) is 6.19. The number of nitrogens with zero attached hydrogens (tertiary/aromatic N) is 5. The number of aromatic amines is 1. The van der Waals surface area contributed by atoms with Gasteiger partial charge in [0.05, 0.1) is 0 Å². The van der Waals surface area contributed by atoms with E-state index in [-0.39, 0.29) is 5.03 Å². The van der Waals surface area contributed by atoms with Crippen molar-refractivity contribution in [1.82, 2.24) is 24.5 Å². The molecule has 2 aromatic heterocycles. The predicted molar refractivity (Wildman–Crippen MR) is 71.6 cm³/mol. The van der Waals surface area contributed by atoms with E-state index in [0.29, 0.717) is 32.1 Å². The van der Waals surface area contributed by atoms with Gasteiger partial charge in [-0.05, 0) is 12.1 Å². The minimum absolute atomic E-state index is 0.0908. The lowest BCUT2D eigenvalue weighted by molar-refractivity contribution is 0.381. The summed E-state index contributed by atoms with van der Waals surface area (Å²) in [7, 11) is -3.50. The van der Waals surface area contributed by atoms with Crippen LogP contribution in [0.25, 0.3) is 0 Å². The van der Waals surface area contributed by atoms with Crippen molar-refractivity contribution in [3.63, 3.8) is 0 Å². The number of sulfonamides is 1. The predicted octanol–water partition coefficient (Wildman–Crippen LogP) is -0.289. The lowest BCUT2D eigenvalue weighted by Crippen LogP contribution is -2.49. The molecule has 2 aromatic rings. The molecule has 0 unspecified atom stereocenters. The summed E-state index contributed by atoms with van der Waals surface area (Å²) in [6.07, 6.45) is 2.92. The molecule has 3 heterocycles. The minimum Gasteiger partial charge on any atom is -0.339 e. The van der Waals surface area contributed by atoms with Gasteiger partial charge >= 0.3 is 0 Å². The highest BCUT2D eigenvalue weighted by molar-refractivity contribution is 7.89. The summed E-state index contributed by atoms with van der Waals surface area (Å²) in [4.78, 5) is 9.96. The second-order valence-corrected chi connectivity index (χ2v) is 6.25. The summed E-state index contributed by atoms with van der Waals surface area (Å²) in [5.74, 6) is 0.667. The number of rotatable bonds is 3. The molecule has 3 rings (SSSR count). The van der Waals surface area contributed by atoms with Crippen LogP contribution in [-0.2, 0) is 10.0 Å². The molecule has 1 fully saturated rings. The molecule has 0 atom stereocenters. The zero-order chi connectivity index (χ0) is 14.0. The molecule has 8 nitrogen and oxygen atoms in total.